The molecule has 0 amide bonds. The molecule has 1 heterocycles. The standard InChI is InChI=1S/C18H20ClNO/c1-20(2)12-15-11-17(13-7-9-14(19)10-8-13)16-5-3-4-6-18(16)21-15/h3-10,15,17H,11-12H2,1-2H3. The summed E-state index contributed by atoms with van der Waals surface area (Å²) >= 11 is 6.02. The van der Waals surface area contributed by atoms with Crippen LogP contribution in [0.15, 0.2) is 48.5 Å². The van der Waals surface area contributed by atoms with Gasteiger partial charge in [-0.25, -0.2) is 0 Å². The summed E-state index contributed by atoms with van der Waals surface area (Å²) in [6.07, 6.45) is 1.21. The van der Waals surface area contributed by atoms with E-state index in [-0.39, 0.29) is 6.10 Å². The quantitative estimate of drug-likeness (QED) is 0.843. The predicted octanol–water partition coefficient (Wildman–Crippen LogP) is 4.18. The molecule has 2 atom stereocenters. The zero-order valence-corrected chi connectivity index (χ0v) is 13.2. The Morgan fingerprint density at radius 1 is 1.10 bits per heavy atom. The molecule has 0 N–H and O–H groups in total. The van der Waals surface area contributed by atoms with E-state index in [9.17, 15) is 0 Å². The van der Waals surface area contributed by atoms with Crippen LogP contribution in [0.25, 0.3) is 0 Å². The second kappa shape index (κ2) is 6.08. The molecule has 1 aliphatic heterocycles. The van der Waals surface area contributed by atoms with Crippen molar-refractivity contribution in [3.05, 3.63) is 64.7 Å². The van der Waals surface area contributed by atoms with Crippen LogP contribution in [0.2, 0.25) is 5.02 Å². The lowest BCUT2D eigenvalue weighted by molar-refractivity contribution is 0.131. The van der Waals surface area contributed by atoms with Crippen molar-refractivity contribution in [2.24, 2.45) is 0 Å². The highest BCUT2D eigenvalue weighted by molar-refractivity contribution is 6.30. The van der Waals surface area contributed by atoms with Crippen LogP contribution < -0.4 is 4.74 Å². The minimum atomic E-state index is 0.218. The van der Waals surface area contributed by atoms with Crippen molar-refractivity contribution < 1.29 is 4.74 Å². The molecule has 0 bridgehead atoms. The first kappa shape index (κ1) is 14.4. The number of rotatable bonds is 3. The van der Waals surface area contributed by atoms with Crippen LogP contribution in [0, 0.1) is 0 Å². The number of benzene rings is 2. The predicted molar refractivity (Wildman–Crippen MR) is 87.3 cm³/mol. The molecule has 2 unspecified atom stereocenters. The van der Waals surface area contributed by atoms with Crippen LogP contribution in [0.4, 0.5) is 0 Å². The first-order valence-electron chi connectivity index (χ1n) is 7.29. The Hall–Kier alpha value is -1.51. The third kappa shape index (κ3) is 3.22. The Morgan fingerprint density at radius 2 is 1.81 bits per heavy atom. The number of fused-ring (bicyclic) bond motifs is 1. The van der Waals surface area contributed by atoms with Gasteiger partial charge >= 0.3 is 0 Å². The van der Waals surface area contributed by atoms with E-state index in [0.717, 1.165) is 23.7 Å². The Labute approximate surface area is 131 Å². The highest BCUT2D eigenvalue weighted by Crippen LogP contribution is 2.40. The number of hydrogen-bond acceptors (Lipinski definition) is 2. The summed E-state index contributed by atoms with van der Waals surface area (Å²) in [6.45, 7) is 0.929. The van der Waals surface area contributed by atoms with Gasteiger partial charge in [-0.05, 0) is 44.3 Å². The fraction of sp³-hybridized carbons (Fsp3) is 0.333. The molecule has 0 fully saturated rings. The number of nitrogens with zero attached hydrogens (tertiary/aromatic N) is 1. The maximum absolute atomic E-state index is 6.15. The lowest BCUT2D eigenvalue weighted by Gasteiger charge is -2.34. The molecule has 21 heavy (non-hydrogen) atoms. The second-order valence-corrected chi connectivity index (χ2v) is 6.32. The van der Waals surface area contributed by atoms with Gasteiger partial charge in [-0.3, -0.25) is 0 Å². The number of halogens is 1. The molecule has 3 heteroatoms. The molecule has 2 aromatic carbocycles. The van der Waals surface area contributed by atoms with Gasteiger partial charge < -0.3 is 9.64 Å². The van der Waals surface area contributed by atoms with Crippen molar-refractivity contribution in [2.75, 3.05) is 20.6 Å². The minimum absolute atomic E-state index is 0.218. The van der Waals surface area contributed by atoms with Crippen molar-refractivity contribution in [1.29, 1.82) is 0 Å². The van der Waals surface area contributed by atoms with E-state index in [1.807, 2.05) is 18.2 Å². The largest absolute Gasteiger partial charge is 0.489 e. The molecule has 0 saturated heterocycles. The van der Waals surface area contributed by atoms with E-state index in [0.29, 0.717) is 5.92 Å². The van der Waals surface area contributed by atoms with E-state index in [4.69, 9.17) is 16.3 Å². The summed E-state index contributed by atoms with van der Waals surface area (Å²) in [5.41, 5.74) is 2.58. The van der Waals surface area contributed by atoms with Gasteiger partial charge in [-0.1, -0.05) is 41.9 Å². The smallest absolute Gasteiger partial charge is 0.123 e. The average Bonchev–Trinajstić information content (AvgIpc) is 2.46. The van der Waals surface area contributed by atoms with Gasteiger partial charge in [0.2, 0.25) is 0 Å². The van der Waals surface area contributed by atoms with E-state index in [1.165, 1.54) is 11.1 Å². The van der Waals surface area contributed by atoms with Gasteiger partial charge in [0.05, 0.1) is 0 Å². The molecular weight excluding hydrogens is 282 g/mol. The molecule has 110 valence electrons. The highest BCUT2D eigenvalue weighted by Gasteiger charge is 2.29. The average molecular weight is 302 g/mol. The van der Waals surface area contributed by atoms with E-state index in [1.54, 1.807) is 0 Å². The Morgan fingerprint density at radius 3 is 2.52 bits per heavy atom. The van der Waals surface area contributed by atoms with Crippen molar-refractivity contribution in [1.82, 2.24) is 4.90 Å². The first-order valence-corrected chi connectivity index (χ1v) is 7.67. The SMILES string of the molecule is CN(C)CC1CC(c2ccc(Cl)cc2)c2ccccc2O1. The number of hydrogen-bond donors (Lipinski definition) is 0. The Bertz CT molecular complexity index is 609. The Balaban J connectivity index is 1.95. The normalized spacial score (nSPS) is 21.0. The molecular formula is C18H20ClNO. The van der Waals surface area contributed by atoms with Gasteiger partial charge in [-0.15, -0.1) is 0 Å². The van der Waals surface area contributed by atoms with Gasteiger partial charge in [0.1, 0.15) is 11.9 Å². The van der Waals surface area contributed by atoms with Crippen molar-refractivity contribution in [2.45, 2.75) is 18.4 Å². The summed E-state index contributed by atoms with van der Waals surface area (Å²) in [4.78, 5) is 2.18. The molecule has 3 rings (SSSR count). The Kier molecular flexibility index (Phi) is 4.18. The third-order valence-corrected chi connectivity index (χ3v) is 4.18. The van der Waals surface area contributed by atoms with Crippen LogP contribution in [0.3, 0.4) is 0 Å². The summed E-state index contributed by atoms with van der Waals surface area (Å²) < 4.78 is 6.15. The highest BCUT2D eigenvalue weighted by atomic mass is 35.5. The molecule has 0 spiro atoms. The number of para-hydroxylation sites is 1. The van der Waals surface area contributed by atoms with E-state index >= 15 is 0 Å². The fourth-order valence-corrected chi connectivity index (χ4v) is 3.15. The summed E-state index contributed by atoms with van der Waals surface area (Å²) in [5.74, 6) is 1.38. The zero-order chi connectivity index (χ0) is 14.8. The monoisotopic (exact) mass is 301 g/mol. The molecule has 1 aliphatic rings. The van der Waals surface area contributed by atoms with Crippen molar-refractivity contribution in [3.63, 3.8) is 0 Å². The molecule has 0 aliphatic carbocycles. The number of likely N-dealkylation sites (N-methyl/N-ethyl adjacent to an activating group) is 1. The fourth-order valence-electron chi connectivity index (χ4n) is 3.02. The molecule has 2 aromatic rings. The van der Waals surface area contributed by atoms with Crippen LogP contribution in [-0.2, 0) is 0 Å². The summed E-state index contributed by atoms with van der Waals surface area (Å²) in [6, 6.07) is 16.5. The molecule has 0 saturated carbocycles. The number of ether oxygens (including phenoxy) is 1. The van der Waals surface area contributed by atoms with Crippen LogP contribution in [-0.4, -0.2) is 31.6 Å². The summed E-state index contributed by atoms with van der Waals surface area (Å²) in [7, 11) is 4.17. The maximum atomic E-state index is 6.15. The van der Waals surface area contributed by atoms with Gasteiger partial charge in [-0.2, -0.15) is 0 Å². The lowest BCUT2D eigenvalue weighted by atomic mass is 9.84. The second-order valence-electron chi connectivity index (χ2n) is 5.88. The summed E-state index contributed by atoms with van der Waals surface area (Å²) in [5, 5.41) is 0.781. The van der Waals surface area contributed by atoms with Crippen molar-refractivity contribution in [3.8, 4) is 5.75 Å². The zero-order valence-electron chi connectivity index (χ0n) is 12.4. The molecule has 0 aromatic heterocycles. The topological polar surface area (TPSA) is 12.5 Å². The van der Waals surface area contributed by atoms with Gasteiger partial charge in [0.15, 0.2) is 0 Å². The molecule has 2 nitrogen and oxygen atoms in total. The maximum Gasteiger partial charge on any atom is 0.123 e. The minimum Gasteiger partial charge on any atom is -0.489 e. The van der Waals surface area contributed by atoms with E-state index < -0.39 is 0 Å². The van der Waals surface area contributed by atoms with Crippen LogP contribution in [0.5, 0.6) is 5.75 Å². The lowest BCUT2D eigenvalue weighted by Crippen LogP contribution is -2.35. The third-order valence-electron chi connectivity index (χ3n) is 3.93. The van der Waals surface area contributed by atoms with Crippen LogP contribution in [0.1, 0.15) is 23.5 Å². The van der Waals surface area contributed by atoms with Crippen LogP contribution >= 0.6 is 11.6 Å². The van der Waals surface area contributed by atoms with E-state index in [2.05, 4.69) is 49.3 Å². The van der Waals surface area contributed by atoms with Gasteiger partial charge in [0, 0.05) is 23.0 Å². The first-order chi connectivity index (χ1) is 10.1. The van der Waals surface area contributed by atoms with Gasteiger partial charge in [0.25, 0.3) is 0 Å². The molecule has 0 radical (unpaired) electrons. The van der Waals surface area contributed by atoms with Crippen molar-refractivity contribution >= 4 is 11.6 Å².